The molecule has 3 amide bonds. The first-order valence-electron chi connectivity index (χ1n) is 10.7. The molecule has 0 bridgehead atoms. The molecule has 7 nitrogen and oxygen atoms in total. The van der Waals surface area contributed by atoms with Gasteiger partial charge in [0.25, 0.3) is 11.8 Å². The molecule has 0 radical (unpaired) electrons. The normalized spacial score (nSPS) is 13.8. The van der Waals surface area contributed by atoms with Crippen LogP contribution in [0.15, 0.2) is 54.6 Å². The molecule has 0 spiro atoms. The number of hydrogen-bond acceptors (Lipinski definition) is 6. The van der Waals surface area contributed by atoms with Crippen molar-refractivity contribution in [3.8, 4) is 0 Å². The van der Waals surface area contributed by atoms with E-state index in [4.69, 9.17) is 0 Å². The smallest absolute Gasteiger partial charge is 0.262 e. The number of amides is 3. The van der Waals surface area contributed by atoms with Crippen molar-refractivity contribution in [1.82, 2.24) is 15.1 Å². The number of unbranched alkanes of at least 4 members (excludes halogenated alkanes) is 2. The van der Waals surface area contributed by atoms with Crippen LogP contribution in [0.5, 0.6) is 0 Å². The van der Waals surface area contributed by atoms with Gasteiger partial charge in [0.15, 0.2) is 0 Å². The molecule has 32 heavy (non-hydrogen) atoms. The van der Waals surface area contributed by atoms with Crippen molar-refractivity contribution in [1.29, 1.82) is 0 Å². The fourth-order valence-corrected chi connectivity index (χ4v) is 4.53. The first kappa shape index (κ1) is 21.8. The Morgan fingerprint density at radius 1 is 0.969 bits per heavy atom. The van der Waals surface area contributed by atoms with Gasteiger partial charge in [-0.1, -0.05) is 73.6 Å². The molecule has 0 aliphatic carbocycles. The van der Waals surface area contributed by atoms with E-state index in [1.165, 1.54) is 11.3 Å². The monoisotopic (exact) mass is 448 g/mol. The number of anilines is 1. The number of aryl methyl sites for hydroxylation is 1. The predicted octanol–water partition coefficient (Wildman–Crippen LogP) is 4.12. The Morgan fingerprint density at radius 2 is 1.62 bits per heavy atom. The summed E-state index contributed by atoms with van der Waals surface area (Å²) in [6.07, 6.45) is 4.27. The summed E-state index contributed by atoms with van der Waals surface area (Å²) in [6.45, 7) is 2.14. The van der Waals surface area contributed by atoms with Crippen LogP contribution in [0.1, 0.15) is 57.5 Å². The maximum Gasteiger partial charge on any atom is 0.262 e. The van der Waals surface area contributed by atoms with Crippen molar-refractivity contribution in [3.05, 3.63) is 76.3 Å². The minimum Gasteiger partial charge on any atom is -0.299 e. The zero-order valence-corrected chi connectivity index (χ0v) is 18.6. The number of nitrogens with one attached hydrogen (secondary N) is 1. The Kier molecular flexibility index (Phi) is 6.70. The van der Waals surface area contributed by atoms with E-state index in [0.29, 0.717) is 16.3 Å². The molecule has 0 saturated carbocycles. The lowest BCUT2D eigenvalue weighted by atomic mass is 10.0. The maximum atomic E-state index is 13.3. The number of hydrogen-bond donors (Lipinski definition) is 1. The first-order valence-corrected chi connectivity index (χ1v) is 11.5. The topological polar surface area (TPSA) is 92.3 Å². The van der Waals surface area contributed by atoms with Gasteiger partial charge in [0.05, 0.1) is 11.1 Å². The summed E-state index contributed by atoms with van der Waals surface area (Å²) in [5, 5.41) is 12.2. The zero-order chi connectivity index (χ0) is 22.5. The molecule has 3 aromatic rings. The molecule has 1 aliphatic heterocycles. The summed E-state index contributed by atoms with van der Waals surface area (Å²) in [5.41, 5.74) is 1.48. The van der Waals surface area contributed by atoms with Crippen molar-refractivity contribution in [2.24, 2.45) is 0 Å². The second-order valence-electron chi connectivity index (χ2n) is 7.68. The molecule has 1 N–H and O–H groups in total. The number of nitrogens with zero attached hydrogens (tertiary/aromatic N) is 3. The number of carbonyl (C=O) groups excluding carboxylic acids is 3. The van der Waals surface area contributed by atoms with Gasteiger partial charge in [0.2, 0.25) is 11.0 Å². The maximum absolute atomic E-state index is 13.3. The molecule has 1 atom stereocenters. The van der Waals surface area contributed by atoms with E-state index in [0.717, 1.165) is 41.2 Å². The highest BCUT2D eigenvalue weighted by Crippen LogP contribution is 2.27. The molecule has 8 heteroatoms. The van der Waals surface area contributed by atoms with Gasteiger partial charge in [-0.2, -0.15) is 0 Å². The molecule has 2 aromatic carbocycles. The lowest BCUT2D eigenvalue weighted by Crippen LogP contribution is -2.48. The summed E-state index contributed by atoms with van der Waals surface area (Å²) >= 11 is 1.32. The molecule has 0 unspecified atom stereocenters. The van der Waals surface area contributed by atoms with Crippen LogP contribution in [0.25, 0.3) is 0 Å². The highest BCUT2D eigenvalue weighted by Gasteiger charge is 2.42. The van der Waals surface area contributed by atoms with E-state index >= 15 is 0 Å². The first-order chi connectivity index (χ1) is 15.6. The summed E-state index contributed by atoms with van der Waals surface area (Å²) in [7, 11) is 0. The molecule has 4 rings (SSSR count). The van der Waals surface area contributed by atoms with E-state index in [2.05, 4.69) is 22.4 Å². The molecule has 164 valence electrons. The Balaban J connectivity index is 1.57. The largest absolute Gasteiger partial charge is 0.299 e. The summed E-state index contributed by atoms with van der Waals surface area (Å²) in [6, 6.07) is 15.0. The van der Waals surface area contributed by atoms with Crippen molar-refractivity contribution >= 4 is 34.2 Å². The van der Waals surface area contributed by atoms with Crippen molar-refractivity contribution < 1.29 is 14.4 Å². The van der Waals surface area contributed by atoms with Gasteiger partial charge in [0, 0.05) is 12.8 Å². The van der Waals surface area contributed by atoms with Crippen LogP contribution in [0, 0.1) is 0 Å². The molecule has 2 heterocycles. The van der Waals surface area contributed by atoms with Crippen LogP contribution in [-0.4, -0.2) is 38.9 Å². The highest BCUT2D eigenvalue weighted by molar-refractivity contribution is 7.15. The lowest BCUT2D eigenvalue weighted by molar-refractivity contribution is -0.119. The Labute approximate surface area is 190 Å². The van der Waals surface area contributed by atoms with E-state index in [1.807, 2.05) is 30.3 Å². The van der Waals surface area contributed by atoms with Gasteiger partial charge in [0.1, 0.15) is 11.0 Å². The minimum atomic E-state index is -1.00. The van der Waals surface area contributed by atoms with Gasteiger partial charge in [-0.15, -0.1) is 10.2 Å². The Hall–Kier alpha value is -3.39. The van der Waals surface area contributed by atoms with Crippen LogP contribution < -0.4 is 5.32 Å². The van der Waals surface area contributed by atoms with Crippen molar-refractivity contribution in [2.45, 2.75) is 45.1 Å². The van der Waals surface area contributed by atoms with E-state index in [9.17, 15) is 14.4 Å². The van der Waals surface area contributed by atoms with E-state index in [1.54, 1.807) is 24.3 Å². The van der Waals surface area contributed by atoms with Gasteiger partial charge in [-0.25, -0.2) is 0 Å². The molecule has 1 aliphatic rings. The van der Waals surface area contributed by atoms with E-state index in [-0.39, 0.29) is 6.42 Å². The molecular formula is C24H24N4O3S. The number of aromatic nitrogens is 2. The fourth-order valence-electron chi connectivity index (χ4n) is 3.75. The second-order valence-corrected chi connectivity index (χ2v) is 8.74. The predicted molar refractivity (Wildman–Crippen MR) is 123 cm³/mol. The number of benzene rings is 2. The Morgan fingerprint density at radius 3 is 2.28 bits per heavy atom. The summed E-state index contributed by atoms with van der Waals surface area (Å²) in [5.74, 6) is -1.38. The third kappa shape index (κ3) is 4.60. The highest BCUT2D eigenvalue weighted by atomic mass is 32.1. The summed E-state index contributed by atoms with van der Waals surface area (Å²) in [4.78, 5) is 40.5. The third-order valence-electron chi connectivity index (χ3n) is 5.40. The van der Waals surface area contributed by atoms with E-state index < -0.39 is 23.8 Å². The van der Waals surface area contributed by atoms with Gasteiger partial charge < -0.3 is 0 Å². The van der Waals surface area contributed by atoms with Crippen LogP contribution in [0.2, 0.25) is 0 Å². The van der Waals surface area contributed by atoms with Gasteiger partial charge >= 0.3 is 0 Å². The fraction of sp³-hybridized carbons (Fsp3) is 0.292. The lowest BCUT2D eigenvalue weighted by Gasteiger charge is -2.25. The minimum absolute atomic E-state index is 0.209. The average molecular weight is 449 g/mol. The number of fused-ring (bicyclic) bond motifs is 1. The zero-order valence-electron chi connectivity index (χ0n) is 17.8. The quantitative estimate of drug-likeness (QED) is 0.393. The molecular weight excluding hydrogens is 424 g/mol. The van der Waals surface area contributed by atoms with Crippen LogP contribution in [0.3, 0.4) is 0 Å². The van der Waals surface area contributed by atoms with Crippen LogP contribution in [-0.2, 0) is 17.6 Å². The average Bonchev–Trinajstić information content (AvgIpc) is 3.35. The van der Waals surface area contributed by atoms with Crippen molar-refractivity contribution in [2.75, 3.05) is 5.32 Å². The molecule has 1 aromatic heterocycles. The summed E-state index contributed by atoms with van der Waals surface area (Å²) < 4.78 is 0. The second kappa shape index (κ2) is 9.82. The Bertz CT molecular complexity index is 1090. The van der Waals surface area contributed by atoms with Gasteiger partial charge in [-0.3, -0.25) is 24.6 Å². The van der Waals surface area contributed by atoms with Crippen molar-refractivity contribution in [3.63, 3.8) is 0 Å². The molecule has 0 saturated heterocycles. The van der Waals surface area contributed by atoms with Gasteiger partial charge in [-0.05, 0) is 24.1 Å². The third-order valence-corrected chi connectivity index (χ3v) is 6.30. The standard InChI is InChI=1S/C24H24N4O3S/c1-2-3-5-14-20-26-27-24(32-20)25-21(29)19(15-16-10-6-4-7-11-16)28-22(30)17-12-8-9-13-18(17)23(28)31/h4,6-13,19H,2-3,5,14-15H2,1H3,(H,25,27,29)/t19-/m1/s1. The van der Waals surface area contributed by atoms with Crippen LogP contribution >= 0.6 is 11.3 Å². The SMILES string of the molecule is CCCCCc1nnc(NC(=O)[C@@H](Cc2ccccc2)N2C(=O)c3ccccc3C2=O)s1. The number of imide groups is 1. The van der Waals surface area contributed by atoms with Crippen LogP contribution in [0.4, 0.5) is 5.13 Å². The molecule has 0 fully saturated rings. The number of carbonyl (C=O) groups is 3. The number of rotatable bonds is 9.